The molecule has 8 heterocycles. The molecule has 11 N–H and O–H groups in total. The molecule has 4 saturated heterocycles. The maximum atomic E-state index is 13.5. The number of rotatable bonds is 50. The van der Waals surface area contributed by atoms with Crippen LogP contribution in [0, 0.1) is 23.3 Å². The number of carboxylic acids is 1. The summed E-state index contributed by atoms with van der Waals surface area (Å²) in [4.78, 5) is 186. The number of nitrogens with zero attached hydrogens (tertiary/aromatic N) is 4. The van der Waals surface area contributed by atoms with Gasteiger partial charge in [0.15, 0.2) is 5.78 Å². The van der Waals surface area contributed by atoms with Crippen LogP contribution in [-0.2, 0) is 112 Å². The number of nitrogens with one attached hydrogen (secondary N) is 6. The summed E-state index contributed by atoms with van der Waals surface area (Å²) in [6.45, 7) is 8.58. The van der Waals surface area contributed by atoms with E-state index in [1.165, 1.54) is 15.9 Å². The number of carboxylic acid groups (broad SMARTS) is 1. The van der Waals surface area contributed by atoms with Gasteiger partial charge in [-0.25, -0.2) is 22.4 Å². The highest BCUT2D eigenvalue weighted by Crippen LogP contribution is 2.37. The van der Waals surface area contributed by atoms with Crippen molar-refractivity contribution in [3.63, 3.8) is 0 Å². The molecular formula is C95H107F4N11O27. The van der Waals surface area contributed by atoms with E-state index < -0.39 is 123 Å². The molecule has 38 nitrogen and oxygen atoms in total. The Hall–Kier alpha value is -12.8. The topological polar surface area (TPSA) is 511 Å². The number of aromatic nitrogens is 2. The minimum absolute atomic E-state index is 0.00966. The Bertz CT molecular complexity index is 5700. The smallest absolute Gasteiger partial charge is 0.352 e. The summed E-state index contributed by atoms with van der Waals surface area (Å²) in [5.41, 5.74) is 5.94. The Morgan fingerprint density at radius 3 is 1.14 bits per heavy atom. The fraction of sp³-hybridized carbons (Fsp3) is 0.432. The largest absolute Gasteiger partial charge is 0.477 e. The van der Waals surface area contributed by atoms with Crippen molar-refractivity contribution in [2.75, 3.05) is 162 Å². The number of Topliss-reactive ketones (excluding diaryl/α,β-unsaturated/α-hetero) is 1. The van der Waals surface area contributed by atoms with Crippen LogP contribution >= 0.6 is 0 Å². The van der Waals surface area contributed by atoms with Crippen molar-refractivity contribution in [2.24, 2.45) is 5.73 Å². The maximum absolute atomic E-state index is 13.5. The molecule has 0 spiro atoms. The van der Waals surface area contributed by atoms with Crippen LogP contribution in [0.2, 0.25) is 0 Å². The molecule has 14 rings (SSSR count). The number of H-pyrrole nitrogens is 2. The van der Waals surface area contributed by atoms with Crippen molar-refractivity contribution < 1.29 is 147 Å². The number of carbonyl (C=O) groups excluding carboxylic acids is 13. The number of benzene rings is 6. The van der Waals surface area contributed by atoms with Gasteiger partial charge in [0.2, 0.25) is 34.8 Å². The van der Waals surface area contributed by atoms with E-state index in [0.29, 0.717) is 238 Å². The number of anilines is 2. The van der Waals surface area contributed by atoms with Crippen LogP contribution in [-0.4, -0.2) is 293 Å². The van der Waals surface area contributed by atoms with E-state index in [2.05, 4.69) is 31.2 Å². The van der Waals surface area contributed by atoms with Crippen molar-refractivity contribution in [2.45, 2.75) is 113 Å². The van der Waals surface area contributed by atoms with Crippen molar-refractivity contribution in [1.82, 2.24) is 41.0 Å². The molecule has 4 unspecified atom stereocenters. The van der Waals surface area contributed by atoms with Crippen molar-refractivity contribution in [3.8, 4) is 0 Å². The Balaban J connectivity index is 0.000000205. The molecule has 0 saturated carbocycles. The lowest BCUT2D eigenvalue weighted by molar-refractivity contribution is -0.150. The van der Waals surface area contributed by atoms with E-state index in [9.17, 15) is 94.9 Å². The van der Waals surface area contributed by atoms with Crippen molar-refractivity contribution in [1.29, 1.82) is 0 Å². The fourth-order valence-corrected chi connectivity index (χ4v) is 16.1. The Morgan fingerprint density at radius 1 is 0.423 bits per heavy atom. The summed E-state index contributed by atoms with van der Waals surface area (Å²) in [7, 11) is 0. The van der Waals surface area contributed by atoms with Crippen LogP contribution in [0.1, 0.15) is 149 Å². The number of aryl methyl sites for hydroxylation is 2. The average molecular weight is 1910 g/mol. The Morgan fingerprint density at radius 2 is 0.774 bits per heavy atom. The van der Waals surface area contributed by atoms with Gasteiger partial charge in [-0.15, -0.1) is 0 Å². The fourth-order valence-electron chi connectivity index (χ4n) is 16.1. The summed E-state index contributed by atoms with van der Waals surface area (Å²) in [6, 6.07) is 26.6. The quantitative estimate of drug-likeness (QED) is 0.00760. The first-order valence-corrected chi connectivity index (χ1v) is 44.8. The zero-order chi connectivity index (χ0) is 97.7. The number of amides is 12. The first-order valence-electron chi connectivity index (χ1n) is 44.8. The summed E-state index contributed by atoms with van der Waals surface area (Å²) in [5, 5.41) is 41.1. The summed E-state index contributed by atoms with van der Waals surface area (Å²) in [6.07, 6.45) is 3.02. The Labute approximate surface area is 782 Å². The number of aromatic carboxylic acids is 1. The summed E-state index contributed by atoms with van der Waals surface area (Å²) < 4.78 is 109. The second-order valence-electron chi connectivity index (χ2n) is 32.5. The third-order valence-corrected chi connectivity index (χ3v) is 23.0. The van der Waals surface area contributed by atoms with Gasteiger partial charge in [-0.05, 0) is 152 Å². The van der Waals surface area contributed by atoms with Gasteiger partial charge in [-0.2, -0.15) is 0 Å². The predicted molar refractivity (Wildman–Crippen MR) is 477 cm³/mol. The first-order chi connectivity index (χ1) is 66.0. The SMILES string of the molecule is NCCOCCOCCOCCOCCOCCCc1cccc2c1C(=O)N(C1CCC(=O)NC1=O)C2=O.O=C(O)c1cc2cc(N3CCC(O)(C(=O)NCc4cc(F)cc(F)c4)C3=O)ccc2[nH]1.O=C1CCC(N2C(=O)c3cccc(CCCOCCOCCOCCOCCOCCCC(=O)c4cc5cc(N6CCC(O)(C(=O)NCc7cc(F)cc(F)c7)C6=O)ccc5[nH]4)c3C2=O)C(=O)N1. The molecule has 42 heteroatoms. The van der Waals surface area contributed by atoms with Crippen LogP contribution in [0.4, 0.5) is 28.9 Å². The number of hydrogen-bond donors (Lipinski definition) is 10. The van der Waals surface area contributed by atoms with E-state index in [4.69, 9.17) is 58.2 Å². The minimum Gasteiger partial charge on any atom is -0.477 e. The number of aliphatic hydroxyl groups is 2. The van der Waals surface area contributed by atoms with Gasteiger partial charge in [0.25, 0.3) is 47.3 Å². The molecule has 12 amide bonds. The lowest BCUT2D eigenvalue weighted by atomic mass is 9.99. The molecule has 137 heavy (non-hydrogen) atoms. The number of carbonyl (C=O) groups is 14. The molecular weight excluding hydrogens is 1800 g/mol. The molecule has 6 aliphatic rings. The third kappa shape index (κ3) is 27.1. The molecule has 4 atom stereocenters. The molecule has 8 aromatic rings. The summed E-state index contributed by atoms with van der Waals surface area (Å²) >= 11 is 0. The van der Waals surface area contributed by atoms with Crippen molar-refractivity contribution >= 4 is 116 Å². The molecule has 6 aliphatic heterocycles. The highest BCUT2D eigenvalue weighted by atomic mass is 19.1. The molecule has 0 radical (unpaired) electrons. The molecule has 0 aliphatic carbocycles. The normalized spacial score (nSPS) is 18.0. The van der Waals surface area contributed by atoms with E-state index in [1.807, 2.05) is 6.07 Å². The van der Waals surface area contributed by atoms with Crippen LogP contribution in [0.3, 0.4) is 0 Å². The van der Waals surface area contributed by atoms with Crippen LogP contribution in [0.15, 0.2) is 121 Å². The number of ether oxygens (including phenoxy) is 10. The molecule has 0 bridgehead atoms. The highest BCUT2D eigenvalue weighted by molar-refractivity contribution is 6.25. The molecule has 4 fully saturated rings. The van der Waals surface area contributed by atoms with Crippen molar-refractivity contribution in [3.05, 3.63) is 200 Å². The number of fused-ring (bicyclic) bond motifs is 4. The number of ketones is 1. The second kappa shape index (κ2) is 49.8. The number of imide groups is 4. The van der Waals surface area contributed by atoms with Gasteiger partial charge in [0, 0.05) is 130 Å². The molecule has 732 valence electrons. The van der Waals surface area contributed by atoms with E-state index in [0.717, 1.165) is 39.6 Å². The average Bonchev–Trinajstić information content (AvgIpc) is 1.61. The van der Waals surface area contributed by atoms with E-state index in [-0.39, 0.29) is 105 Å². The van der Waals surface area contributed by atoms with Crippen LogP contribution in [0.25, 0.3) is 21.8 Å². The highest BCUT2D eigenvalue weighted by Gasteiger charge is 2.54. The number of nitrogens with two attached hydrogens (primary N) is 1. The van der Waals surface area contributed by atoms with Gasteiger partial charge in [-0.3, -0.25) is 82.8 Å². The van der Waals surface area contributed by atoms with Gasteiger partial charge >= 0.3 is 5.97 Å². The third-order valence-electron chi connectivity index (χ3n) is 23.0. The lowest BCUT2D eigenvalue weighted by Crippen LogP contribution is -2.54. The van der Waals surface area contributed by atoms with E-state index in [1.54, 1.807) is 72.8 Å². The zero-order valence-electron chi connectivity index (χ0n) is 74.9. The zero-order valence-corrected chi connectivity index (χ0v) is 74.9. The molecule has 2 aromatic heterocycles. The first kappa shape index (κ1) is 103. The maximum Gasteiger partial charge on any atom is 0.352 e. The van der Waals surface area contributed by atoms with Gasteiger partial charge in [0.1, 0.15) is 41.0 Å². The number of piperidine rings is 2. The number of halogens is 4. The van der Waals surface area contributed by atoms with Gasteiger partial charge in [-0.1, -0.05) is 24.3 Å². The summed E-state index contributed by atoms with van der Waals surface area (Å²) in [5.74, 6) is -12.2. The monoisotopic (exact) mass is 1910 g/mol. The standard InChI is InChI=1S/C48H53F2N5O13.C26H37N3O9.C21H17F2N3O5/c49-33-24-30(25-34(50)28-33)29-51-46(61)48(63)12-13-54(47(48)62)35-8-9-37-32(26-35)27-38(52-37)40(56)7-3-15-65-17-19-67-21-23-68-22-20-66-18-16-64-14-2-5-31-4-1-6-36-42(31)45(60)55(44(36)59)39-10-11-41(57)53-43(39)58;27-8-10-35-12-14-37-16-18-38-17-15-36-13-11-34-9-2-4-19-3-1-5-20-23(19)26(33)29(25(20)32)21-6-7-22(30)28-24(21)31;22-13-5-11(6-14(23)9-13)10-24-19(29)21(31)3-4-26(20(21)30)15-1-2-16-12(7-15)8-17(25-16)18(27)28/h1,4,6,8-9,24-28,39,52,63H,2-3,5,7,10-23,29H2,(H,51,61)(H,53,57,58);1,3,5,21H,2,4,6-18,27H2,(H,28,30,31);1-2,5-9,25,31H,3-4,10H2,(H,24,29)(H,27,28). The number of aromatic amines is 2. The Kier molecular flexibility index (Phi) is 37.5. The lowest BCUT2D eigenvalue weighted by Gasteiger charge is -2.27. The van der Waals surface area contributed by atoms with Gasteiger partial charge < -0.3 is 98.8 Å². The van der Waals surface area contributed by atoms with Gasteiger partial charge in [0.05, 0.1) is 140 Å². The van der Waals surface area contributed by atoms with Crippen LogP contribution in [0.5, 0.6) is 0 Å². The minimum atomic E-state index is -2.36. The molecule has 6 aromatic carbocycles. The number of hydrogen-bond acceptors (Lipinski definition) is 27. The van der Waals surface area contributed by atoms with E-state index >= 15 is 0 Å². The van der Waals surface area contributed by atoms with Crippen LogP contribution < -0.4 is 36.8 Å². The predicted octanol–water partition coefficient (Wildman–Crippen LogP) is 5.30. The second-order valence-corrected chi connectivity index (χ2v) is 32.5.